The molecular weight excluding hydrogens is 586 g/mol. The Hall–Kier alpha value is -5.64. The SMILES string of the molecule is CCOC(=O)C1Cc2ccc(c(NC(C)=O)c2)Oc2cccc(c2)CC(=O)N(c2ccc(OC)cc2)C(c2ccccc2)C(=O)N1. The monoisotopic (exact) mass is 621 g/mol. The Balaban J connectivity index is 1.68. The molecule has 0 saturated carbocycles. The van der Waals surface area contributed by atoms with Gasteiger partial charge in [0, 0.05) is 19.0 Å². The summed E-state index contributed by atoms with van der Waals surface area (Å²) in [5.41, 5.74) is 2.67. The quantitative estimate of drug-likeness (QED) is 0.278. The standard InChI is InChI=1S/C36H35N3O7/c1-4-45-36(43)31-21-25-13-18-32(30(20-25)37-23(2)40)46-29-12-8-9-24(19-29)22-33(41)39(27-14-16-28(44-3)17-15-27)34(35(42)38-31)26-10-6-5-7-11-26/h5-20,31,34H,4,21-22H2,1-3H3,(H,37,40)(H,38,42). The molecule has 2 unspecified atom stereocenters. The number of rotatable bonds is 6. The lowest BCUT2D eigenvalue weighted by atomic mass is 9.99. The van der Waals surface area contributed by atoms with Crippen molar-refractivity contribution < 1.29 is 33.4 Å². The highest BCUT2D eigenvalue weighted by atomic mass is 16.5. The van der Waals surface area contributed by atoms with Crippen LogP contribution in [0.2, 0.25) is 0 Å². The van der Waals surface area contributed by atoms with Gasteiger partial charge < -0.3 is 24.8 Å². The number of methoxy groups -OCH3 is 1. The molecule has 4 aromatic rings. The van der Waals surface area contributed by atoms with E-state index in [1.54, 1.807) is 105 Å². The van der Waals surface area contributed by atoms with Gasteiger partial charge in [-0.2, -0.15) is 0 Å². The largest absolute Gasteiger partial charge is 0.497 e. The third kappa shape index (κ3) is 7.52. The second kappa shape index (κ2) is 14.4. The van der Waals surface area contributed by atoms with Gasteiger partial charge in [-0.3, -0.25) is 19.3 Å². The first-order valence-corrected chi connectivity index (χ1v) is 14.9. The summed E-state index contributed by atoms with van der Waals surface area (Å²) in [5, 5.41) is 5.66. The number of ether oxygens (including phenoxy) is 3. The van der Waals surface area contributed by atoms with Crippen molar-refractivity contribution in [3.63, 3.8) is 0 Å². The summed E-state index contributed by atoms with van der Waals surface area (Å²) < 4.78 is 16.9. The smallest absolute Gasteiger partial charge is 0.328 e. The van der Waals surface area contributed by atoms with Crippen LogP contribution in [0.15, 0.2) is 97.1 Å². The van der Waals surface area contributed by atoms with E-state index in [4.69, 9.17) is 14.2 Å². The summed E-state index contributed by atoms with van der Waals surface area (Å²) in [4.78, 5) is 55.5. The van der Waals surface area contributed by atoms with Crippen LogP contribution in [-0.4, -0.2) is 43.4 Å². The molecule has 2 aliphatic heterocycles. The molecule has 0 radical (unpaired) electrons. The third-order valence-electron chi connectivity index (χ3n) is 7.40. The first kappa shape index (κ1) is 31.8. The topological polar surface area (TPSA) is 123 Å². The van der Waals surface area contributed by atoms with Crippen LogP contribution in [0.25, 0.3) is 0 Å². The number of carbonyl (C=O) groups is 4. The van der Waals surface area contributed by atoms with E-state index < -0.39 is 24.0 Å². The normalized spacial score (nSPS) is 16.6. The average molecular weight is 622 g/mol. The van der Waals surface area contributed by atoms with E-state index in [9.17, 15) is 19.2 Å². The van der Waals surface area contributed by atoms with Gasteiger partial charge in [-0.25, -0.2) is 4.79 Å². The molecule has 4 aromatic carbocycles. The molecule has 0 fully saturated rings. The van der Waals surface area contributed by atoms with E-state index in [1.165, 1.54) is 11.8 Å². The van der Waals surface area contributed by atoms with Gasteiger partial charge in [0.1, 0.15) is 23.6 Å². The molecule has 2 aliphatic rings. The van der Waals surface area contributed by atoms with Crippen molar-refractivity contribution in [2.24, 2.45) is 0 Å². The summed E-state index contributed by atoms with van der Waals surface area (Å²) in [7, 11) is 1.55. The minimum Gasteiger partial charge on any atom is -0.497 e. The van der Waals surface area contributed by atoms with Crippen LogP contribution in [0.5, 0.6) is 17.2 Å². The fourth-order valence-corrected chi connectivity index (χ4v) is 5.34. The van der Waals surface area contributed by atoms with Crippen LogP contribution >= 0.6 is 0 Å². The van der Waals surface area contributed by atoms with E-state index in [1.807, 2.05) is 6.07 Å². The lowest BCUT2D eigenvalue weighted by Gasteiger charge is -2.33. The van der Waals surface area contributed by atoms with Gasteiger partial charge in [-0.1, -0.05) is 48.5 Å². The molecule has 2 N–H and O–H groups in total. The number of esters is 1. The molecule has 4 bridgehead atoms. The molecule has 10 heteroatoms. The van der Waals surface area contributed by atoms with Crippen molar-refractivity contribution in [1.82, 2.24) is 5.32 Å². The Morgan fingerprint density at radius 3 is 2.39 bits per heavy atom. The molecule has 0 spiro atoms. The predicted octanol–water partition coefficient (Wildman–Crippen LogP) is 5.37. The Kier molecular flexibility index (Phi) is 9.97. The molecular formula is C36H35N3O7. The second-order valence-corrected chi connectivity index (χ2v) is 10.7. The molecule has 6 rings (SSSR count). The van der Waals surface area contributed by atoms with Gasteiger partial charge in [0.15, 0.2) is 5.75 Å². The maximum Gasteiger partial charge on any atom is 0.328 e. The molecule has 2 atom stereocenters. The average Bonchev–Trinajstić information content (AvgIpc) is 3.04. The van der Waals surface area contributed by atoms with Crippen LogP contribution < -0.4 is 25.0 Å². The maximum absolute atomic E-state index is 14.4. The molecule has 2 heterocycles. The number of hydrogen-bond acceptors (Lipinski definition) is 7. The summed E-state index contributed by atoms with van der Waals surface area (Å²) in [6.45, 7) is 3.17. The number of benzene rings is 4. The van der Waals surface area contributed by atoms with Crippen LogP contribution in [0.1, 0.15) is 36.6 Å². The number of hydrogen-bond donors (Lipinski definition) is 2. The molecule has 10 nitrogen and oxygen atoms in total. The van der Waals surface area contributed by atoms with Gasteiger partial charge in [0.25, 0.3) is 0 Å². The summed E-state index contributed by atoms with van der Waals surface area (Å²) >= 11 is 0. The molecule has 0 saturated heterocycles. The molecule has 46 heavy (non-hydrogen) atoms. The Bertz CT molecular complexity index is 1720. The molecule has 0 aliphatic carbocycles. The van der Waals surface area contributed by atoms with E-state index in [-0.39, 0.29) is 31.3 Å². The number of carbonyl (C=O) groups excluding carboxylic acids is 4. The van der Waals surface area contributed by atoms with Crippen LogP contribution in [0.3, 0.4) is 0 Å². The Morgan fingerprint density at radius 2 is 1.70 bits per heavy atom. The van der Waals surface area contributed by atoms with E-state index in [2.05, 4.69) is 10.6 Å². The first-order valence-electron chi connectivity index (χ1n) is 14.9. The fourth-order valence-electron chi connectivity index (χ4n) is 5.34. The van der Waals surface area contributed by atoms with Crippen molar-refractivity contribution >= 4 is 35.1 Å². The van der Waals surface area contributed by atoms with E-state index in [0.717, 1.165) is 0 Å². The van der Waals surface area contributed by atoms with Crippen LogP contribution in [-0.2, 0) is 36.8 Å². The van der Waals surface area contributed by atoms with Crippen molar-refractivity contribution in [2.45, 2.75) is 38.8 Å². The zero-order valence-electron chi connectivity index (χ0n) is 25.8. The predicted molar refractivity (Wildman–Crippen MR) is 173 cm³/mol. The first-order chi connectivity index (χ1) is 22.2. The number of nitrogens with zero attached hydrogens (tertiary/aromatic N) is 1. The van der Waals surface area contributed by atoms with E-state index in [0.29, 0.717) is 45.3 Å². The van der Waals surface area contributed by atoms with Gasteiger partial charge in [-0.15, -0.1) is 0 Å². The second-order valence-electron chi connectivity index (χ2n) is 10.7. The lowest BCUT2D eigenvalue weighted by molar-refractivity contribution is -0.147. The van der Waals surface area contributed by atoms with Crippen molar-refractivity contribution in [2.75, 3.05) is 23.9 Å². The van der Waals surface area contributed by atoms with Gasteiger partial charge >= 0.3 is 5.97 Å². The van der Waals surface area contributed by atoms with Crippen molar-refractivity contribution in [3.8, 4) is 17.2 Å². The highest BCUT2D eigenvalue weighted by Crippen LogP contribution is 2.34. The Morgan fingerprint density at radius 1 is 0.935 bits per heavy atom. The number of amides is 3. The zero-order valence-corrected chi connectivity index (χ0v) is 25.8. The minimum absolute atomic E-state index is 0.0465. The molecule has 0 aromatic heterocycles. The van der Waals surface area contributed by atoms with E-state index >= 15 is 0 Å². The van der Waals surface area contributed by atoms with Gasteiger partial charge in [-0.05, 0) is 72.1 Å². The summed E-state index contributed by atoms with van der Waals surface area (Å²) in [6.07, 6.45) is -0.0243. The van der Waals surface area contributed by atoms with Gasteiger partial charge in [0.05, 0.1) is 25.8 Å². The molecule has 236 valence electrons. The van der Waals surface area contributed by atoms with Gasteiger partial charge in [0.2, 0.25) is 17.7 Å². The highest BCUT2D eigenvalue weighted by Gasteiger charge is 2.35. The summed E-state index contributed by atoms with van der Waals surface area (Å²) in [5.74, 6) is -0.477. The molecule has 3 amide bonds. The lowest BCUT2D eigenvalue weighted by Crippen LogP contribution is -2.50. The third-order valence-corrected chi connectivity index (χ3v) is 7.40. The number of nitrogens with one attached hydrogen (secondary N) is 2. The minimum atomic E-state index is -1.15. The summed E-state index contributed by atoms with van der Waals surface area (Å²) in [6, 6.07) is 25.7. The Labute approximate surface area is 267 Å². The van der Waals surface area contributed by atoms with Crippen molar-refractivity contribution in [3.05, 3.63) is 114 Å². The zero-order chi connectivity index (χ0) is 32.6. The number of anilines is 2. The fraction of sp³-hybridized carbons (Fsp3) is 0.222. The van der Waals surface area contributed by atoms with Crippen LogP contribution in [0, 0.1) is 0 Å². The number of fused-ring (bicyclic) bond motifs is 9. The maximum atomic E-state index is 14.4. The van der Waals surface area contributed by atoms with Crippen molar-refractivity contribution in [1.29, 1.82) is 0 Å². The van der Waals surface area contributed by atoms with Crippen LogP contribution in [0.4, 0.5) is 11.4 Å². The highest BCUT2D eigenvalue weighted by molar-refractivity contribution is 6.03.